The Labute approximate surface area is 184 Å². The van der Waals surface area contributed by atoms with Crippen LogP contribution in [0.4, 0.5) is 5.69 Å². The van der Waals surface area contributed by atoms with Crippen LogP contribution in [0, 0.1) is 10.1 Å². The maximum absolute atomic E-state index is 13.1. The molecule has 3 aromatic heterocycles. The topological polar surface area (TPSA) is 129 Å². The van der Waals surface area contributed by atoms with E-state index in [9.17, 15) is 24.5 Å². The van der Waals surface area contributed by atoms with Gasteiger partial charge in [-0.05, 0) is 29.1 Å². The minimum absolute atomic E-state index is 0.0543. The molecule has 0 unspecified atom stereocenters. The number of nitro benzene ring substituents is 1. The molecule has 4 rings (SSSR count). The Kier molecular flexibility index (Phi) is 5.99. The third-order valence-electron chi connectivity index (χ3n) is 4.90. The Hall–Kier alpha value is -3.99. The minimum atomic E-state index is -0.578. The van der Waals surface area contributed by atoms with Gasteiger partial charge >= 0.3 is 5.69 Å². The van der Waals surface area contributed by atoms with Crippen molar-refractivity contribution < 1.29 is 14.1 Å². The van der Waals surface area contributed by atoms with Gasteiger partial charge in [0.2, 0.25) is 5.91 Å². The van der Waals surface area contributed by atoms with Gasteiger partial charge in [-0.3, -0.25) is 28.8 Å². The zero-order valence-corrected chi connectivity index (χ0v) is 17.5. The highest BCUT2D eigenvalue weighted by atomic mass is 32.1. The van der Waals surface area contributed by atoms with E-state index in [4.69, 9.17) is 4.42 Å². The highest BCUT2D eigenvalue weighted by Crippen LogP contribution is 2.18. The van der Waals surface area contributed by atoms with Crippen LogP contribution in [0.5, 0.6) is 0 Å². The summed E-state index contributed by atoms with van der Waals surface area (Å²) in [6.45, 7) is 0.171. The molecule has 0 radical (unpaired) electrons. The number of rotatable bonds is 8. The fourth-order valence-electron chi connectivity index (χ4n) is 3.33. The van der Waals surface area contributed by atoms with Gasteiger partial charge in [-0.15, -0.1) is 11.3 Å². The first-order valence-electron chi connectivity index (χ1n) is 9.67. The molecule has 0 saturated heterocycles. The van der Waals surface area contributed by atoms with Crippen molar-refractivity contribution >= 4 is 33.1 Å². The van der Waals surface area contributed by atoms with Crippen LogP contribution in [0.1, 0.15) is 17.7 Å². The summed E-state index contributed by atoms with van der Waals surface area (Å²) in [6, 6.07) is 11.1. The molecule has 11 heteroatoms. The van der Waals surface area contributed by atoms with Gasteiger partial charge in [-0.1, -0.05) is 12.1 Å². The first-order valence-corrected chi connectivity index (χ1v) is 10.6. The van der Waals surface area contributed by atoms with Crippen LogP contribution in [0.15, 0.2) is 68.1 Å². The maximum Gasteiger partial charge on any atom is 0.331 e. The van der Waals surface area contributed by atoms with Crippen molar-refractivity contribution in [1.29, 1.82) is 0 Å². The summed E-state index contributed by atoms with van der Waals surface area (Å²) in [5.74, 6) is 0.263. The summed E-state index contributed by atoms with van der Waals surface area (Å²) in [5, 5.41) is 15.5. The molecule has 1 amide bonds. The molecule has 0 spiro atoms. The van der Waals surface area contributed by atoms with Crippen molar-refractivity contribution in [3.8, 4) is 0 Å². The molecule has 32 heavy (non-hydrogen) atoms. The van der Waals surface area contributed by atoms with E-state index >= 15 is 0 Å². The molecule has 4 aromatic rings. The average molecular weight is 454 g/mol. The molecule has 1 N–H and O–H groups in total. The Morgan fingerprint density at radius 2 is 2.00 bits per heavy atom. The molecule has 0 aliphatic heterocycles. The van der Waals surface area contributed by atoms with E-state index in [-0.39, 0.29) is 37.6 Å². The number of carbonyl (C=O) groups is 1. The standard InChI is InChI=1S/C21H18N4O6S/c26-18(22-12-16-5-2-9-31-16)6-8-23-20(27)19-17(7-10-32-19)24(21(23)28)13-14-3-1-4-15(11-14)25(29)30/h1-5,7,9-11H,6,8,12-13H2,(H,22,26). The Morgan fingerprint density at radius 3 is 2.75 bits per heavy atom. The number of aromatic nitrogens is 2. The SMILES string of the molecule is O=C(CCn1c(=O)c2sccc2n(Cc2cccc([N+](=O)[O-])c2)c1=O)NCc1ccco1. The number of carbonyl (C=O) groups excluding carboxylic acids is 1. The highest BCUT2D eigenvalue weighted by Gasteiger charge is 2.16. The van der Waals surface area contributed by atoms with Crippen LogP contribution < -0.4 is 16.6 Å². The van der Waals surface area contributed by atoms with Crippen LogP contribution in [0.25, 0.3) is 10.2 Å². The van der Waals surface area contributed by atoms with Crippen molar-refractivity contribution in [1.82, 2.24) is 14.5 Å². The van der Waals surface area contributed by atoms with Gasteiger partial charge in [0, 0.05) is 25.1 Å². The van der Waals surface area contributed by atoms with E-state index in [1.54, 1.807) is 35.7 Å². The molecule has 0 aliphatic rings. The summed E-state index contributed by atoms with van der Waals surface area (Å²) in [6.07, 6.45) is 1.44. The zero-order valence-electron chi connectivity index (χ0n) is 16.7. The number of benzene rings is 1. The van der Waals surface area contributed by atoms with Crippen LogP contribution in [-0.2, 0) is 24.4 Å². The fraction of sp³-hybridized carbons (Fsp3) is 0.190. The van der Waals surface area contributed by atoms with Gasteiger partial charge < -0.3 is 9.73 Å². The third kappa shape index (κ3) is 4.37. The van der Waals surface area contributed by atoms with Gasteiger partial charge in [0.1, 0.15) is 10.5 Å². The molecular weight excluding hydrogens is 436 g/mol. The quantitative estimate of drug-likeness (QED) is 0.322. The number of nitrogens with one attached hydrogen (secondary N) is 1. The van der Waals surface area contributed by atoms with Crippen LogP contribution >= 0.6 is 11.3 Å². The molecule has 0 bridgehead atoms. The number of hydrogen-bond acceptors (Lipinski definition) is 7. The lowest BCUT2D eigenvalue weighted by Crippen LogP contribution is -2.40. The number of nitro groups is 1. The van der Waals surface area contributed by atoms with Crippen molar-refractivity contribution in [3.05, 3.63) is 96.4 Å². The second-order valence-corrected chi connectivity index (χ2v) is 7.91. The van der Waals surface area contributed by atoms with Crippen molar-refractivity contribution in [3.63, 3.8) is 0 Å². The van der Waals surface area contributed by atoms with E-state index in [0.717, 1.165) is 4.57 Å². The molecule has 3 heterocycles. The lowest BCUT2D eigenvalue weighted by Gasteiger charge is -2.12. The first-order chi connectivity index (χ1) is 15.4. The number of nitrogens with zero attached hydrogens (tertiary/aromatic N) is 3. The van der Waals surface area contributed by atoms with E-state index < -0.39 is 16.2 Å². The Morgan fingerprint density at radius 1 is 1.16 bits per heavy atom. The minimum Gasteiger partial charge on any atom is -0.467 e. The van der Waals surface area contributed by atoms with E-state index in [1.807, 2.05) is 0 Å². The number of thiophene rings is 1. The van der Waals surface area contributed by atoms with Gasteiger partial charge in [0.25, 0.3) is 11.2 Å². The molecular formula is C21H18N4O6S. The summed E-state index contributed by atoms with van der Waals surface area (Å²) in [5.41, 5.74) is -0.121. The largest absolute Gasteiger partial charge is 0.467 e. The Bertz CT molecular complexity index is 1400. The number of fused-ring (bicyclic) bond motifs is 1. The number of furan rings is 1. The second kappa shape index (κ2) is 9.02. The van der Waals surface area contributed by atoms with Crippen molar-refractivity contribution in [2.75, 3.05) is 0 Å². The van der Waals surface area contributed by atoms with E-state index in [0.29, 0.717) is 21.5 Å². The van der Waals surface area contributed by atoms with Gasteiger partial charge in [0.05, 0.1) is 29.8 Å². The van der Waals surface area contributed by atoms with E-state index in [2.05, 4.69) is 5.32 Å². The predicted molar refractivity (Wildman–Crippen MR) is 118 cm³/mol. The normalized spacial score (nSPS) is 11.0. The first kappa shape index (κ1) is 21.2. The van der Waals surface area contributed by atoms with Gasteiger partial charge in [0.15, 0.2) is 0 Å². The molecule has 0 atom stereocenters. The molecule has 0 saturated carbocycles. The molecule has 0 aliphatic carbocycles. The molecule has 10 nitrogen and oxygen atoms in total. The fourth-order valence-corrected chi connectivity index (χ4v) is 4.18. The number of hydrogen-bond donors (Lipinski definition) is 1. The summed E-state index contributed by atoms with van der Waals surface area (Å²) >= 11 is 1.20. The lowest BCUT2D eigenvalue weighted by atomic mass is 10.2. The van der Waals surface area contributed by atoms with E-state index in [1.165, 1.54) is 34.3 Å². The third-order valence-corrected chi connectivity index (χ3v) is 5.79. The smallest absolute Gasteiger partial charge is 0.331 e. The monoisotopic (exact) mass is 454 g/mol. The average Bonchev–Trinajstić information content (AvgIpc) is 3.47. The van der Waals surface area contributed by atoms with Gasteiger partial charge in [-0.2, -0.15) is 0 Å². The van der Waals surface area contributed by atoms with Crippen molar-refractivity contribution in [2.24, 2.45) is 0 Å². The predicted octanol–water partition coefficient (Wildman–Crippen LogP) is 2.48. The van der Waals surface area contributed by atoms with Crippen LogP contribution in [0.2, 0.25) is 0 Å². The number of amides is 1. The molecule has 164 valence electrons. The summed E-state index contributed by atoms with van der Waals surface area (Å²) in [7, 11) is 0. The summed E-state index contributed by atoms with van der Waals surface area (Å²) < 4.78 is 7.96. The Balaban J connectivity index is 1.60. The van der Waals surface area contributed by atoms with Crippen molar-refractivity contribution in [2.45, 2.75) is 26.1 Å². The second-order valence-electron chi connectivity index (χ2n) is 6.99. The van der Waals surface area contributed by atoms with Crippen LogP contribution in [-0.4, -0.2) is 20.0 Å². The lowest BCUT2D eigenvalue weighted by molar-refractivity contribution is -0.384. The van der Waals surface area contributed by atoms with Gasteiger partial charge in [-0.25, -0.2) is 4.79 Å². The zero-order chi connectivity index (χ0) is 22.7. The molecule has 0 fully saturated rings. The summed E-state index contributed by atoms with van der Waals surface area (Å²) in [4.78, 5) is 48.7. The number of non-ortho nitro benzene ring substituents is 1. The molecule has 1 aromatic carbocycles. The maximum atomic E-state index is 13.1. The van der Waals surface area contributed by atoms with Crippen LogP contribution in [0.3, 0.4) is 0 Å². The highest BCUT2D eigenvalue weighted by molar-refractivity contribution is 7.17.